The SMILES string of the molecule is N#Cc1ccnc(CCC(F)(F)F)c1. The van der Waals surface area contributed by atoms with Crippen LogP contribution in [-0.4, -0.2) is 11.2 Å². The Hall–Kier alpha value is -1.57. The summed E-state index contributed by atoms with van der Waals surface area (Å²) in [5, 5.41) is 8.49. The number of hydrogen-bond acceptors (Lipinski definition) is 2. The Kier molecular flexibility index (Phi) is 3.07. The van der Waals surface area contributed by atoms with Gasteiger partial charge in [0.15, 0.2) is 0 Å². The van der Waals surface area contributed by atoms with Gasteiger partial charge in [0, 0.05) is 18.3 Å². The Bertz CT molecular complexity index is 352. The third-order valence-corrected chi connectivity index (χ3v) is 1.61. The van der Waals surface area contributed by atoms with Crippen LogP contribution in [0.4, 0.5) is 13.2 Å². The highest BCUT2D eigenvalue weighted by molar-refractivity contribution is 5.28. The molecule has 0 aliphatic carbocycles. The number of nitriles is 1. The van der Waals surface area contributed by atoms with Gasteiger partial charge in [-0.05, 0) is 18.6 Å². The monoisotopic (exact) mass is 200 g/mol. The van der Waals surface area contributed by atoms with Crippen LogP contribution in [-0.2, 0) is 6.42 Å². The maximum absolute atomic E-state index is 11.8. The number of hydrogen-bond donors (Lipinski definition) is 0. The summed E-state index contributed by atoms with van der Waals surface area (Å²) in [5.41, 5.74) is 0.624. The summed E-state index contributed by atoms with van der Waals surface area (Å²) in [4.78, 5) is 3.74. The molecule has 1 aromatic rings. The van der Waals surface area contributed by atoms with Gasteiger partial charge in [0.2, 0.25) is 0 Å². The van der Waals surface area contributed by atoms with Gasteiger partial charge in [-0.2, -0.15) is 18.4 Å². The van der Waals surface area contributed by atoms with Crippen molar-refractivity contribution < 1.29 is 13.2 Å². The molecular weight excluding hydrogens is 193 g/mol. The summed E-state index contributed by atoms with van der Waals surface area (Å²) in [6.07, 6.45) is -3.93. The molecule has 0 aliphatic rings. The normalized spacial score (nSPS) is 11.0. The van der Waals surface area contributed by atoms with Crippen molar-refractivity contribution in [2.75, 3.05) is 0 Å². The second kappa shape index (κ2) is 4.09. The Morgan fingerprint density at radius 1 is 1.43 bits per heavy atom. The average molecular weight is 200 g/mol. The van der Waals surface area contributed by atoms with Gasteiger partial charge in [-0.3, -0.25) is 4.98 Å². The smallest absolute Gasteiger partial charge is 0.261 e. The first-order valence-electron chi connectivity index (χ1n) is 3.93. The molecule has 0 radical (unpaired) electrons. The Morgan fingerprint density at radius 2 is 2.14 bits per heavy atom. The molecule has 0 amide bonds. The highest BCUT2D eigenvalue weighted by Gasteiger charge is 2.26. The van der Waals surface area contributed by atoms with Gasteiger partial charge in [0.1, 0.15) is 0 Å². The van der Waals surface area contributed by atoms with Crippen LogP contribution in [0.2, 0.25) is 0 Å². The molecule has 0 atom stereocenters. The van der Waals surface area contributed by atoms with Crippen molar-refractivity contribution in [3.63, 3.8) is 0 Å². The third kappa shape index (κ3) is 3.44. The first kappa shape index (κ1) is 10.5. The molecule has 0 fully saturated rings. The zero-order valence-corrected chi connectivity index (χ0v) is 7.17. The van der Waals surface area contributed by atoms with Crippen molar-refractivity contribution in [3.05, 3.63) is 29.6 Å². The predicted octanol–water partition coefficient (Wildman–Crippen LogP) is 2.45. The van der Waals surface area contributed by atoms with Crippen molar-refractivity contribution in [1.82, 2.24) is 4.98 Å². The molecule has 14 heavy (non-hydrogen) atoms. The molecule has 0 unspecified atom stereocenters. The number of aromatic nitrogens is 1. The Balaban J connectivity index is 2.65. The van der Waals surface area contributed by atoms with E-state index in [1.165, 1.54) is 18.3 Å². The number of aryl methyl sites for hydroxylation is 1. The molecule has 0 N–H and O–H groups in total. The molecule has 2 nitrogen and oxygen atoms in total. The van der Waals surface area contributed by atoms with Crippen LogP contribution in [0, 0.1) is 11.3 Å². The van der Waals surface area contributed by atoms with Crippen molar-refractivity contribution in [1.29, 1.82) is 5.26 Å². The number of alkyl halides is 3. The lowest BCUT2D eigenvalue weighted by Gasteiger charge is -2.04. The highest BCUT2D eigenvalue weighted by atomic mass is 19.4. The molecule has 1 heterocycles. The van der Waals surface area contributed by atoms with Crippen LogP contribution in [0.15, 0.2) is 18.3 Å². The summed E-state index contributed by atoms with van der Waals surface area (Å²) in [6.45, 7) is 0. The van der Waals surface area contributed by atoms with Crippen LogP contribution in [0.3, 0.4) is 0 Å². The van der Waals surface area contributed by atoms with Gasteiger partial charge in [0.05, 0.1) is 11.6 Å². The molecule has 0 aliphatic heterocycles. The molecule has 1 aromatic heterocycles. The predicted molar refractivity (Wildman–Crippen MR) is 43.3 cm³/mol. The summed E-state index contributed by atoms with van der Waals surface area (Å²) < 4.78 is 35.5. The second-order valence-corrected chi connectivity index (χ2v) is 2.76. The van der Waals surface area contributed by atoms with Gasteiger partial charge in [-0.1, -0.05) is 0 Å². The molecule has 74 valence electrons. The van der Waals surface area contributed by atoms with Crippen molar-refractivity contribution in [2.24, 2.45) is 0 Å². The fourth-order valence-corrected chi connectivity index (χ4v) is 0.954. The average Bonchev–Trinajstić information content (AvgIpc) is 2.14. The van der Waals surface area contributed by atoms with E-state index in [2.05, 4.69) is 4.98 Å². The third-order valence-electron chi connectivity index (χ3n) is 1.61. The van der Waals surface area contributed by atoms with Gasteiger partial charge in [0.25, 0.3) is 0 Å². The fraction of sp³-hybridized carbons (Fsp3) is 0.333. The Morgan fingerprint density at radius 3 is 2.71 bits per heavy atom. The van der Waals surface area contributed by atoms with Crippen LogP contribution in [0.5, 0.6) is 0 Å². The van der Waals surface area contributed by atoms with Crippen LogP contribution in [0.25, 0.3) is 0 Å². The van der Waals surface area contributed by atoms with Crippen molar-refractivity contribution in [3.8, 4) is 6.07 Å². The minimum Gasteiger partial charge on any atom is -0.261 e. The van der Waals surface area contributed by atoms with E-state index < -0.39 is 12.6 Å². The van der Waals surface area contributed by atoms with Gasteiger partial charge in [-0.25, -0.2) is 0 Å². The first-order valence-corrected chi connectivity index (χ1v) is 3.93. The topological polar surface area (TPSA) is 36.7 Å². The molecular formula is C9H7F3N2. The number of pyridine rings is 1. The molecule has 0 aromatic carbocycles. The number of rotatable bonds is 2. The highest BCUT2D eigenvalue weighted by Crippen LogP contribution is 2.21. The molecule has 0 saturated heterocycles. The standard InChI is InChI=1S/C9H7F3N2/c10-9(11,12)3-1-8-5-7(6-13)2-4-14-8/h2,4-5H,1,3H2. The summed E-state index contributed by atoms with van der Waals surface area (Å²) in [6, 6.07) is 4.67. The second-order valence-electron chi connectivity index (χ2n) is 2.76. The van der Waals surface area contributed by atoms with E-state index in [-0.39, 0.29) is 6.42 Å². The van der Waals surface area contributed by atoms with E-state index in [9.17, 15) is 13.2 Å². The molecule has 0 bridgehead atoms. The zero-order valence-electron chi connectivity index (χ0n) is 7.17. The quantitative estimate of drug-likeness (QED) is 0.735. The molecule has 5 heteroatoms. The molecule has 0 spiro atoms. The lowest BCUT2D eigenvalue weighted by atomic mass is 10.2. The van der Waals surface area contributed by atoms with Crippen LogP contribution < -0.4 is 0 Å². The number of halogens is 3. The summed E-state index contributed by atoms with van der Waals surface area (Å²) >= 11 is 0. The molecule has 0 saturated carbocycles. The summed E-state index contributed by atoms with van der Waals surface area (Å²) in [7, 11) is 0. The maximum atomic E-state index is 11.8. The van der Waals surface area contributed by atoms with E-state index in [4.69, 9.17) is 5.26 Å². The van der Waals surface area contributed by atoms with Crippen LogP contribution in [0.1, 0.15) is 17.7 Å². The minimum atomic E-state index is -4.18. The van der Waals surface area contributed by atoms with E-state index >= 15 is 0 Å². The van der Waals surface area contributed by atoms with E-state index in [1.807, 2.05) is 6.07 Å². The van der Waals surface area contributed by atoms with Crippen molar-refractivity contribution in [2.45, 2.75) is 19.0 Å². The largest absolute Gasteiger partial charge is 0.389 e. The lowest BCUT2D eigenvalue weighted by molar-refractivity contribution is -0.134. The summed E-state index contributed by atoms with van der Waals surface area (Å²) in [5.74, 6) is 0. The lowest BCUT2D eigenvalue weighted by Crippen LogP contribution is -2.09. The van der Waals surface area contributed by atoms with Gasteiger partial charge in [-0.15, -0.1) is 0 Å². The van der Waals surface area contributed by atoms with Crippen molar-refractivity contribution >= 4 is 0 Å². The Labute approximate surface area is 79.0 Å². The zero-order chi connectivity index (χ0) is 10.6. The molecule has 1 rings (SSSR count). The van der Waals surface area contributed by atoms with Crippen LogP contribution >= 0.6 is 0 Å². The van der Waals surface area contributed by atoms with Gasteiger partial charge < -0.3 is 0 Å². The minimum absolute atomic E-state index is 0.182. The first-order chi connectivity index (χ1) is 6.51. The van der Waals surface area contributed by atoms with E-state index in [1.54, 1.807) is 0 Å². The number of nitrogens with zero attached hydrogens (tertiary/aromatic N) is 2. The van der Waals surface area contributed by atoms with Gasteiger partial charge >= 0.3 is 6.18 Å². The fourth-order valence-electron chi connectivity index (χ4n) is 0.954. The maximum Gasteiger partial charge on any atom is 0.389 e. The van der Waals surface area contributed by atoms with E-state index in [0.29, 0.717) is 11.3 Å². The van der Waals surface area contributed by atoms with E-state index in [0.717, 1.165) is 0 Å².